The normalized spacial score (nSPS) is 12.7. The minimum atomic E-state index is 0.293. The Morgan fingerprint density at radius 3 is 3.07 bits per heavy atom. The van der Waals surface area contributed by atoms with Gasteiger partial charge in [-0.05, 0) is 30.2 Å². The number of aliphatic hydroxyl groups is 1. The second-order valence-electron chi connectivity index (χ2n) is 3.30. The van der Waals surface area contributed by atoms with Gasteiger partial charge in [-0.2, -0.15) is 11.8 Å². The van der Waals surface area contributed by atoms with Crippen molar-refractivity contribution in [3.63, 3.8) is 0 Å². The number of thioether (sulfide) groups is 1. The van der Waals surface area contributed by atoms with Crippen molar-refractivity contribution in [3.05, 3.63) is 30.1 Å². The fourth-order valence-corrected chi connectivity index (χ4v) is 2.22. The van der Waals surface area contributed by atoms with Gasteiger partial charge in [-0.15, -0.1) is 0 Å². The smallest absolute Gasteiger partial charge is 0.0441 e. The fraction of sp³-hybridized carbons (Fsp3) is 0.545. The van der Waals surface area contributed by atoms with Gasteiger partial charge in [0.2, 0.25) is 0 Å². The summed E-state index contributed by atoms with van der Waals surface area (Å²) in [6.07, 6.45) is 5.66. The van der Waals surface area contributed by atoms with Crippen LogP contribution >= 0.6 is 11.8 Å². The van der Waals surface area contributed by atoms with Gasteiger partial charge in [0.05, 0.1) is 0 Å². The number of aryl methyl sites for hydroxylation is 1. The summed E-state index contributed by atoms with van der Waals surface area (Å²) in [5.74, 6) is 1.10. The molecule has 0 fully saturated rings. The monoisotopic (exact) mass is 211 g/mol. The molecule has 0 bridgehead atoms. The predicted molar refractivity (Wildman–Crippen MR) is 61.6 cm³/mol. The third-order valence-electron chi connectivity index (χ3n) is 2.05. The Bertz CT molecular complexity index is 240. The highest BCUT2D eigenvalue weighted by Gasteiger charge is 2.01. The van der Waals surface area contributed by atoms with Crippen molar-refractivity contribution in [2.24, 2.45) is 0 Å². The van der Waals surface area contributed by atoms with E-state index in [2.05, 4.69) is 18.0 Å². The molecular formula is C11H17NOS. The molecule has 0 spiro atoms. The van der Waals surface area contributed by atoms with E-state index in [1.54, 1.807) is 6.20 Å². The van der Waals surface area contributed by atoms with Crippen LogP contribution in [0.2, 0.25) is 0 Å². The Labute approximate surface area is 89.8 Å². The van der Waals surface area contributed by atoms with Crippen LogP contribution in [0.1, 0.15) is 18.9 Å². The van der Waals surface area contributed by atoms with Crippen molar-refractivity contribution in [3.8, 4) is 0 Å². The van der Waals surface area contributed by atoms with Crippen molar-refractivity contribution >= 4 is 11.8 Å². The average Bonchev–Trinajstić information content (AvgIpc) is 2.20. The molecule has 1 heterocycles. The first-order valence-corrected chi connectivity index (χ1v) is 5.99. The number of nitrogens with zero attached hydrogens (tertiary/aromatic N) is 1. The number of rotatable bonds is 6. The van der Waals surface area contributed by atoms with Gasteiger partial charge in [0.1, 0.15) is 0 Å². The first kappa shape index (κ1) is 11.5. The Balaban J connectivity index is 2.16. The molecule has 1 rings (SSSR count). The van der Waals surface area contributed by atoms with E-state index in [-0.39, 0.29) is 0 Å². The zero-order chi connectivity index (χ0) is 10.2. The quantitative estimate of drug-likeness (QED) is 0.782. The molecule has 0 aliphatic carbocycles. The molecule has 0 aliphatic rings. The van der Waals surface area contributed by atoms with Crippen LogP contribution in [-0.4, -0.2) is 27.7 Å². The molecule has 78 valence electrons. The Hall–Kier alpha value is -0.540. The first-order valence-electron chi connectivity index (χ1n) is 4.94. The third-order valence-corrected chi connectivity index (χ3v) is 3.30. The number of hydrogen-bond donors (Lipinski definition) is 1. The maximum absolute atomic E-state index is 8.73. The molecule has 1 aromatic heterocycles. The molecule has 0 radical (unpaired) electrons. The lowest BCUT2D eigenvalue weighted by Gasteiger charge is -2.08. The summed E-state index contributed by atoms with van der Waals surface area (Å²) >= 11 is 1.91. The first-order chi connectivity index (χ1) is 6.83. The summed E-state index contributed by atoms with van der Waals surface area (Å²) in [6, 6.07) is 4.07. The van der Waals surface area contributed by atoms with Crippen molar-refractivity contribution < 1.29 is 5.11 Å². The van der Waals surface area contributed by atoms with Crippen LogP contribution in [0, 0.1) is 0 Å². The van der Waals surface area contributed by atoms with Crippen molar-refractivity contribution in [1.82, 2.24) is 4.98 Å². The molecular weight excluding hydrogens is 194 g/mol. The molecule has 0 amide bonds. The summed E-state index contributed by atoms with van der Waals surface area (Å²) in [4.78, 5) is 4.07. The lowest BCUT2D eigenvalue weighted by Crippen LogP contribution is -2.01. The number of aromatic nitrogens is 1. The zero-order valence-electron chi connectivity index (χ0n) is 8.52. The second kappa shape index (κ2) is 6.85. The van der Waals surface area contributed by atoms with E-state index in [1.807, 2.05) is 24.0 Å². The van der Waals surface area contributed by atoms with E-state index in [4.69, 9.17) is 5.11 Å². The summed E-state index contributed by atoms with van der Waals surface area (Å²) in [5, 5.41) is 9.28. The number of pyridine rings is 1. The Kier molecular flexibility index (Phi) is 5.64. The van der Waals surface area contributed by atoms with Crippen LogP contribution in [0.5, 0.6) is 0 Å². The van der Waals surface area contributed by atoms with E-state index < -0.39 is 0 Å². The SMILES string of the molecule is CC(CCO)SCCc1cccnc1. The van der Waals surface area contributed by atoms with Crippen LogP contribution in [-0.2, 0) is 6.42 Å². The molecule has 14 heavy (non-hydrogen) atoms. The van der Waals surface area contributed by atoms with Gasteiger partial charge in [0.25, 0.3) is 0 Å². The van der Waals surface area contributed by atoms with Gasteiger partial charge in [-0.3, -0.25) is 4.98 Å². The van der Waals surface area contributed by atoms with Crippen molar-refractivity contribution in [1.29, 1.82) is 0 Å². The Morgan fingerprint density at radius 2 is 2.43 bits per heavy atom. The Morgan fingerprint density at radius 1 is 1.57 bits per heavy atom. The van der Waals surface area contributed by atoms with Gasteiger partial charge >= 0.3 is 0 Å². The largest absolute Gasteiger partial charge is 0.396 e. The van der Waals surface area contributed by atoms with Crippen LogP contribution < -0.4 is 0 Å². The van der Waals surface area contributed by atoms with E-state index in [0.717, 1.165) is 18.6 Å². The second-order valence-corrected chi connectivity index (χ2v) is 4.85. The molecule has 0 aliphatic heterocycles. The average molecular weight is 211 g/mol. The predicted octanol–water partition coefficient (Wildman–Crippen LogP) is 2.13. The maximum atomic E-state index is 8.73. The number of aliphatic hydroxyl groups excluding tert-OH is 1. The van der Waals surface area contributed by atoms with E-state index in [0.29, 0.717) is 11.9 Å². The molecule has 1 N–H and O–H groups in total. The highest BCUT2D eigenvalue weighted by atomic mass is 32.2. The summed E-state index contributed by atoms with van der Waals surface area (Å²) in [7, 11) is 0. The molecule has 1 unspecified atom stereocenters. The topological polar surface area (TPSA) is 33.1 Å². The minimum absolute atomic E-state index is 0.293. The van der Waals surface area contributed by atoms with Crippen LogP contribution in [0.3, 0.4) is 0 Å². The molecule has 0 aromatic carbocycles. The summed E-state index contributed by atoms with van der Waals surface area (Å²) in [5.41, 5.74) is 1.29. The van der Waals surface area contributed by atoms with Gasteiger partial charge in [0.15, 0.2) is 0 Å². The molecule has 3 heteroatoms. The van der Waals surface area contributed by atoms with Gasteiger partial charge in [-0.1, -0.05) is 13.0 Å². The number of hydrogen-bond acceptors (Lipinski definition) is 3. The minimum Gasteiger partial charge on any atom is -0.396 e. The zero-order valence-corrected chi connectivity index (χ0v) is 9.33. The maximum Gasteiger partial charge on any atom is 0.0441 e. The fourth-order valence-electron chi connectivity index (χ4n) is 1.19. The lowest BCUT2D eigenvalue weighted by atomic mass is 10.2. The lowest BCUT2D eigenvalue weighted by molar-refractivity contribution is 0.289. The van der Waals surface area contributed by atoms with Crippen LogP contribution in [0.25, 0.3) is 0 Å². The summed E-state index contributed by atoms with van der Waals surface area (Å²) in [6.45, 7) is 2.45. The molecule has 1 aromatic rings. The molecule has 0 saturated carbocycles. The van der Waals surface area contributed by atoms with Gasteiger partial charge in [0, 0.05) is 24.3 Å². The van der Waals surface area contributed by atoms with E-state index >= 15 is 0 Å². The van der Waals surface area contributed by atoms with Crippen molar-refractivity contribution in [2.75, 3.05) is 12.4 Å². The highest BCUT2D eigenvalue weighted by Crippen LogP contribution is 2.15. The standard InChI is InChI=1S/C11H17NOS/c1-10(4-7-13)14-8-5-11-3-2-6-12-9-11/h2-3,6,9-10,13H,4-5,7-8H2,1H3. The molecule has 0 saturated heterocycles. The molecule has 2 nitrogen and oxygen atoms in total. The third kappa shape index (κ3) is 4.63. The highest BCUT2D eigenvalue weighted by molar-refractivity contribution is 7.99. The van der Waals surface area contributed by atoms with Crippen molar-refractivity contribution in [2.45, 2.75) is 25.0 Å². The molecule has 1 atom stereocenters. The van der Waals surface area contributed by atoms with E-state index in [9.17, 15) is 0 Å². The van der Waals surface area contributed by atoms with Gasteiger partial charge in [-0.25, -0.2) is 0 Å². The van der Waals surface area contributed by atoms with Crippen LogP contribution in [0.15, 0.2) is 24.5 Å². The summed E-state index contributed by atoms with van der Waals surface area (Å²) < 4.78 is 0. The van der Waals surface area contributed by atoms with E-state index in [1.165, 1.54) is 5.56 Å². The van der Waals surface area contributed by atoms with Gasteiger partial charge < -0.3 is 5.11 Å². The van der Waals surface area contributed by atoms with Crippen LogP contribution in [0.4, 0.5) is 0 Å².